The molecule has 1 aliphatic heterocycles. The molecule has 1 aromatic carbocycles. The van der Waals surface area contributed by atoms with Crippen molar-refractivity contribution in [2.45, 2.75) is 6.04 Å². The molecule has 2 heterocycles. The van der Waals surface area contributed by atoms with Crippen molar-refractivity contribution in [3.05, 3.63) is 36.0 Å². The monoisotopic (exact) mass is 245 g/mol. The Morgan fingerprint density at radius 3 is 2.83 bits per heavy atom. The minimum absolute atomic E-state index is 0.111. The summed E-state index contributed by atoms with van der Waals surface area (Å²) in [6.07, 6.45) is 1.95. The lowest BCUT2D eigenvalue weighted by Gasteiger charge is -2.34. The van der Waals surface area contributed by atoms with Gasteiger partial charge >= 0.3 is 0 Å². The zero-order valence-electron chi connectivity index (χ0n) is 10.4. The van der Waals surface area contributed by atoms with Crippen LogP contribution in [0.3, 0.4) is 0 Å². The van der Waals surface area contributed by atoms with Crippen LogP contribution in [0.2, 0.25) is 0 Å². The molecule has 4 nitrogen and oxygen atoms in total. The number of benzene rings is 1. The van der Waals surface area contributed by atoms with Crippen LogP contribution in [-0.4, -0.2) is 47.8 Å². The van der Waals surface area contributed by atoms with Crippen molar-refractivity contribution < 1.29 is 5.11 Å². The molecule has 0 radical (unpaired) electrons. The Kier molecular flexibility index (Phi) is 3.32. The van der Waals surface area contributed by atoms with Crippen LogP contribution in [0, 0.1) is 0 Å². The Morgan fingerprint density at radius 1 is 1.22 bits per heavy atom. The number of hydrogen-bond donors (Lipinski definition) is 3. The number of nitrogens with zero attached hydrogens (tertiary/aromatic N) is 1. The van der Waals surface area contributed by atoms with Crippen molar-refractivity contribution in [2.24, 2.45) is 0 Å². The van der Waals surface area contributed by atoms with E-state index in [1.807, 2.05) is 6.20 Å². The first-order valence-electron chi connectivity index (χ1n) is 6.51. The predicted molar refractivity (Wildman–Crippen MR) is 72.6 cm³/mol. The number of hydrogen-bond acceptors (Lipinski definition) is 3. The van der Waals surface area contributed by atoms with Gasteiger partial charge in [-0.15, -0.1) is 0 Å². The quantitative estimate of drug-likeness (QED) is 0.759. The molecule has 0 unspecified atom stereocenters. The second-order valence-corrected chi connectivity index (χ2v) is 4.81. The van der Waals surface area contributed by atoms with Gasteiger partial charge < -0.3 is 15.4 Å². The zero-order chi connectivity index (χ0) is 12.4. The number of piperazine rings is 1. The van der Waals surface area contributed by atoms with E-state index in [1.165, 1.54) is 10.9 Å². The SMILES string of the molecule is OC[C@H](c1ccc2cc[nH]c2c1)N1CCNCC1. The minimum atomic E-state index is 0.111. The Balaban J connectivity index is 1.89. The van der Waals surface area contributed by atoms with Crippen LogP contribution in [0.4, 0.5) is 0 Å². The molecule has 1 saturated heterocycles. The van der Waals surface area contributed by atoms with Crippen LogP contribution in [0.1, 0.15) is 11.6 Å². The zero-order valence-corrected chi connectivity index (χ0v) is 10.4. The van der Waals surface area contributed by atoms with Gasteiger partial charge in [-0.25, -0.2) is 0 Å². The number of H-pyrrole nitrogens is 1. The number of rotatable bonds is 3. The molecule has 1 aromatic heterocycles. The standard InChI is InChI=1S/C14H19N3O/c18-10-14(17-7-5-15-6-8-17)12-2-1-11-3-4-16-13(11)9-12/h1-4,9,14-16,18H,5-8,10H2/t14-/m1/s1. The molecule has 96 valence electrons. The number of aromatic amines is 1. The minimum Gasteiger partial charge on any atom is -0.394 e. The Morgan fingerprint density at radius 2 is 2.06 bits per heavy atom. The van der Waals surface area contributed by atoms with Crippen molar-refractivity contribution in [1.29, 1.82) is 0 Å². The maximum absolute atomic E-state index is 9.68. The molecule has 1 atom stereocenters. The lowest BCUT2D eigenvalue weighted by atomic mass is 10.0. The number of aliphatic hydroxyl groups is 1. The maximum atomic E-state index is 9.68. The molecule has 18 heavy (non-hydrogen) atoms. The Hall–Kier alpha value is -1.36. The molecule has 0 amide bonds. The van der Waals surface area contributed by atoms with Gasteiger partial charge in [-0.3, -0.25) is 4.90 Å². The van der Waals surface area contributed by atoms with Gasteiger partial charge in [0.05, 0.1) is 12.6 Å². The molecule has 1 aliphatic rings. The van der Waals surface area contributed by atoms with Gasteiger partial charge in [-0.2, -0.15) is 0 Å². The molecule has 0 aliphatic carbocycles. The second kappa shape index (κ2) is 5.10. The van der Waals surface area contributed by atoms with Crippen LogP contribution < -0.4 is 5.32 Å². The first-order valence-corrected chi connectivity index (χ1v) is 6.51. The van der Waals surface area contributed by atoms with E-state index in [0.717, 1.165) is 31.7 Å². The van der Waals surface area contributed by atoms with Gasteiger partial charge in [0.15, 0.2) is 0 Å². The van der Waals surface area contributed by atoms with Crippen molar-refractivity contribution in [3.8, 4) is 0 Å². The normalized spacial score (nSPS) is 19.2. The molecule has 3 N–H and O–H groups in total. The average Bonchev–Trinajstić information content (AvgIpc) is 2.88. The lowest BCUT2D eigenvalue weighted by Crippen LogP contribution is -2.46. The third kappa shape index (κ3) is 2.14. The summed E-state index contributed by atoms with van der Waals surface area (Å²) in [6.45, 7) is 4.16. The van der Waals surface area contributed by atoms with Crippen molar-refractivity contribution in [2.75, 3.05) is 32.8 Å². The summed E-state index contributed by atoms with van der Waals surface area (Å²) in [7, 11) is 0. The molecular weight excluding hydrogens is 226 g/mol. The second-order valence-electron chi connectivity index (χ2n) is 4.81. The Bertz CT molecular complexity index is 516. The maximum Gasteiger partial charge on any atom is 0.0628 e. The van der Waals surface area contributed by atoms with Gasteiger partial charge in [0.1, 0.15) is 0 Å². The highest BCUT2D eigenvalue weighted by atomic mass is 16.3. The van der Waals surface area contributed by atoms with Crippen LogP contribution >= 0.6 is 0 Å². The van der Waals surface area contributed by atoms with Crippen LogP contribution in [-0.2, 0) is 0 Å². The van der Waals surface area contributed by atoms with E-state index in [0.29, 0.717) is 0 Å². The molecule has 0 bridgehead atoms. The van der Waals surface area contributed by atoms with E-state index in [2.05, 4.69) is 39.5 Å². The summed E-state index contributed by atoms with van der Waals surface area (Å²) in [5.74, 6) is 0. The molecule has 2 aromatic rings. The average molecular weight is 245 g/mol. The summed E-state index contributed by atoms with van der Waals surface area (Å²) in [6, 6.07) is 8.57. The van der Waals surface area contributed by atoms with Crippen LogP contribution in [0.15, 0.2) is 30.5 Å². The van der Waals surface area contributed by atoms with Gasteiger partial charge in [0.2, 0.25) is 0 Å². The third-order valence-corrected chi connectivity index (χ3v) is 3.73. The summed E-state index contributed by atoms with van der Waals surface area (Å²) in [5, 5.41) is 14.2. The van der Waals surface area contributed by atoms with Crippen molar-refractivity contribution >= 4 is 10.9 Å². The molecule has 3 rings (SSSR count). The smallest absolute Gasteiger partial charge is 0.0628 e. The summed E-state index contributed by atoms with van der Waals surface area (Å²) >= 11 is 0. The summed E-state index contributed by atoms with van der Waals surface area (Å²) in [5.41, 5.74) is 2.33. The highest BCUT2D eigenvalue weighted by molar-refractivity contribution is 5.79. The van der Waals surface area contributed by atoms with Crippen LogP contribution in [0.5, 0.6) is 0 Å². The summed E-state index contributed by atoms with van der Waals surface area (Å²) < 4.78 is 0. The highest BCUT2D eigenvalue weighted by Crippen LogP contribution is 2.24. The van der Waals surface area contributed by atoms with Gasteiger partial charge in [0.25, 0.3) is 0 Å². The van der Waals surface area contributed by atoms with E-state index in [1.54, 1.807) is 0 Å². The van der Waals surface area contributed by atoms with E-state index >= 15 is 0 Å². The third-order valence-electron chi connectivity index (χ3n) is 3.73. The fourth-order valence-electron chi connectivity index (χ4n) is 2.70. The van der Waals surface area contributed by atoms with Gasteiger partial charge in [-0.05, 0) is 23.1 Å². The number of aliphatic hydroxyl groups excluding tert-OH is 1. The molecule has 0 spiro atoms. The predicted octanol–water partition coefficient (Wildman–Crippen LogP) is 1.11. The molecular formula is C14H19N3O. The van der Waals surface area contributed by atoms with Crippen LogP contribution in [0.25, 0.3) is 10.9 Å². The van der Waals surface area contributed by atoms with E-state index < -0.39 is 0 Å². The summed E-state index contributed by atoms with van der Waals surface area (Å²) in [4.78, 5) is 5.58. The van der Waals surface area contributed by atoms with E-state index in [-0.39, 0.29) is 12.6 Å². The number of fused-ring (bicyclic) bond motifs is 1. The van der Waals surface area contributed by atoms with Gasteiger partial charge in [0, 0.05) is 37.9 Å². The molecule has 4 heteroatoms. The first-order chi connectivity index (χ1) is 8.88. The molecule has 0 saturated carbocycles. The van der Waals surface area contributed by atoms with Gasteiger partial charge in [-0.1, -0.05) is 12.1 Å². The number of aromatic nitrogens is 1. The van der Waals surface area contributed by atoms with E-state index in [9.17, 15) is 5.11 Å². The van der Waals surface area contributed by atoms with Crippen molar-refractivity contribution in [1.82, 2.24) is 15.2 Å². The fraction of sp³-hybridized carbons (Fsp3) is 0.429. The topological polar surface area (TPSA) is 51.3 Å². The van der Waals surface area contributed by atoms with Crippen molar-refractivity contribution in [3.63, 3.8) is 0 Å². The highest BCUT2D eigenvalue weighted by Gasteiger charge is 2.21. The largest absolute Gasteiger partial charge is 0.394 e. The number of nitrogens with one attached hydrogen (secondary N) is 2. The Labute approximate surface area is 107 Å². The van der Waals surface area contributed by atoms with E-state index in [4.69, 9.17) is 0 Å². The first kappa shape index (κ1) is 11.7. The molecule has 1 fully saturated rings. The fourth-order valence-corrected chi connectivity index (χ4v) is 2.70. The lowest BCUT2D eigenvalue weighted by molar-refractivity contribution is 0.111.